The van der Waals surface area contributed by atoms with E-state index in [9.17, 15) is 0 Å². The van der Waals surface area contributed by atoms with Gasteiger partial charge in [0.1, 0.15) is 18.1 Å². The van der Waals surface area contributed by atoms with Crippen molar-refractivity contribution in [2.24, 2.45) is 0 Å². The minimum Gasteiger partial charge on any atom is -0.485 e. The molecule has 0 radical (unpaired) electrons. The summed E-state index contributed by atoms with van der Waals surface area (Å²) < 4.78 is 5.92. The summed E-state index contributed by atoms with van der Waals surface area (Å²) in [6, 6.07) is 10.4. The third kappa shape index (κ3) is 3.70. The molecule has 9 nitrogen and oxygen atoms in total. The summed E-state index contributed by atoms with van der Waals surface area (Å²) in [6.45, 7) is 2.83. The Morgan fingerprint density at radius 1 is 1.17 bits per heavy atom. The largest absolute Gasteiger partial charge is 0.485 e. The fraction of sp³-hybridized carbons (Fsp3) is 0.381. The van der Waals surface area contributed by atoms with Crippen molar-refractivity contribution in [3.8, 4) is 5.75 Å². The van der Waals surface area contributed by atoms with Crippen LogP contribution in [0.25, 0.3) is 11.2 Å². The van der Waals surface area contributed by atoms with Crippen LogP contribution in [0.3, 0.4) is 0 Å². The first-order valence-corrected chi connectivity index (χ1v) is 10.2. The van der Waals surface area contributed by atoms with Crippen molar-refractivity contribution in [1.29, 1.82) is 0 Å². The molecule has 0 atom stereocenters. The van der Waals surface area contributed by atoms with E-state index >= 15 is 0 Å². The maximum Gasteiger partial charge on any atom is 0.207 e. The number of fused-ring (bicyclic) bond motifs is 1. The first-order chi connectivity index (χ1) is 14.7. The molecule has 0 amide bonds. The van der Waals surface area contributed by atoms with E-state index in [-0.39, 0.29) is 6.61 Å². The molecule has 0 spiro atoms. The van der Waals surface area contributed by atoms with Crippen LogP contribution in [-0.4, -0.2) is 35.4 Å². The molecule has 3 heterocycles. The lowest BCUT2D eigenvalue weighted by atomic mass is 9.96. The van der Waals surface area contributed by atoms with Crippen molar-refractivity contribution in [2.45, 2.75) is 51.7 Å². The third-order valence-corrected chi connectivity index (χ3v) is 5.66. The molecule has 1 saturated carbocycles. The number of ether oxygens (including phenoxy) is 1. The summed E-state index contributed by atoms with van der Waals surface area (Å²) in [5, 5.41) is 19.8. The lowest BCUT2D eigenvalue weighted by molar-refractivity contribution is 0.302. The molecule has 0 saturated heterocycles. The van der Waals surface area contributed by atoms with Gasteiger partial charge in [-0.3, -0.25) is 0 Å². The van der Waals surface area contributed by atoms with Crippen molar-refractivity contribution in [3.63, 3.8) is 0 Å². The number of benzene rings is 1. The fourth-order valence-corrected chi connectivity index (χ4v) is 4.12. The molecule has 3 aromatic heterocycles. The summed E-state index contributed by atoms with van der Waals surface area (Å²) in [5.74, 6) is 1.54. The molecule has 5 rings (SSSR count). The number of rotatable bonds is 6. The second-order valence-electron chi connectivity index (χ2n) is 7.82. The van der Waals surface area contributed by atoms with Gasteiger partial charge in [0.2, 0.25) is 5.65 Å². The number of nitrogens with zero attached hydrogens (tertiary/aromatic N) is 6. The van der Waals surface area contributed by atoms with Gasteiger partial charge in [-0.2, -0.15) is 25.3 Å². The maximum atomic E-state index is 5.92. The predicted molar refractivity (Wildman–Crippen MR) is 112 cm³/mol. The average molecular weight is 404 g/mol. The standard InChI is InChI=1S/C21H24N8O/c1-13-17(12-30-18-10-19(22)23-21-20(18)24-28-25-21)27-29(26-13)11-14-5-4-8-16(9-14)15-6-2-3-7-15/h4-5,8-10,15H,2-3,6-7,11-12H2,1H3,(H3,22,23,24,25,28). The number of hydrogen-bond acceptors (Lipinski definition) is 7. The van der Waals surface area contributed by atoms with Crippen LogP contribution in [0.4, 0.5) is 5.82 Å². The number of nitrogens with one attached hydrogen (secondary N) is 1. The van der Waals surface area contributed by atoms with E-state index in [0.717, 1.165) is 11.4 Å². The average Bonchev–Trinajstić information content (AvgIpc) is 3.47. The van der Waals surface area contributed by atoms with Gasteiger partial charge in [0.05, 0.1) is 12.2 Å². The van der Waals surface area contributed by atoms with Crippen LogP contribution < -0.4 is 10.5 Å². The lowest BCUT2D eigenvalue weighted by Crippen LogP contribution is -2.06. The Morgan fingerprint density at radius 3 is 2.90 bits per heavy atom. The molecule has 30 heavy (non-hydrogen) atoms. The van der Waals surface area contributed by atoms with Crippen LogP contribution in [0.2, 0.25) is 0 Å². The number of hydrogen-bond donors (Lipinski definition) is 2. The highest BCUT2D eigenvalue weighted by atomic mass is 16.5. The zero-order valence-corrected chi connectivity index (χ0v) is 16.9. The first-order valence-electron chi connectivity index (χ1n) is 10.2. The van der Waals surface area contributed by atoms with Gasteiger partial charge in [-0.15, -0.1) is 5.10 Å². The number of aromatic nitrogens is 7. The monoisotopic (exact) mass is 404 g/mol. The van der Waals surface area contributed by atoms with Gasteiger partial charge < -0.3 is 10.5 Å². The number of nitrogens with two attached hydrogens (primary N) is 1. The molecule has 0 unspecified atom stereocenters. The third-order valence-electron chi connectivity index (χ3n) is 5.66. The van der Waals surface area contributed by atoms with Crippen LogP contribution in [0.5, 0.6) is 5.75 Å². The van der Waals surface area contributed by atoms with Crippen LogP contribution >= 0.6 is 0 Å². The van der Waals surface area contributed by atoms with Crippen LogP contribution in [0.15, 0.2) is 30.3 Å². The van der Waals surface area contributed by atoms with Gasteiger partial charge in [-0.25, -0.2) is 4.98 Å². The molecule has 1 aromatic carbocycles. The molecule has 1 aliphatic carbocycles. The number of pyridine rings is 1. The van der Waals surface area contributed by atoms with E-state index < -0.39 is 0 Å². The summed E-state index contributed by atoms with van der Waals surface area (Å²) >= 11 is 0. The second-order valence-corrected chi connectivity index (χ2v) is 7.82. The minimum atomic E-state index is 0.263. The summed E-state index contributed by atoms with van der Waals surface area (Å²) in [4.78, 5) is 5.85. The van der Waals surface area contributed by atoms with Gasteiger partial charge in [0.15, 0.2) is 11.3 Å². The molecule has 1 aliphatic rings. The Morgan fingerprint density at radius 2 is 2.03 bits per heavy atom. The number of anilines is 1. The Labute approximate surface area is 173 Å². The molecule has 9 heteroatoms. The second kappa shape index (κ2) is 7.74. The Hall–Kier alpha value is -3.49. The zero-order valence-electron chi connectivity index (χ0n) is 16.9. The number of nitrogen functional groups attached to an aromatic ring is 1. The summed E-state index contributed by atoms with van der Waals surface area (Å²) in [7, 11) is 0. The molecule has 0 aliphatic heterocycles. The number of aryl methyl sites for hydroxylation is 1. The lowest BCUT2D eigenvalue weighted by Gasteiger charge is -2.11. The zero-order chi connectivity index (χ0) is 20.5. The van der Waals surface area contributed by atoms with Crippen molar-refractivity contribution < 1.29 is 4.74 Å². The topological polar surface area (TPSA) is 120 Å². The minimum absolute atomic E-state index is 0.263. The van der Waals surface area contributed by atoms with E-state index in [1.54, 1.807) is 10.9 Å². The summed E-state index contributed by atoms with van der Waals surface area (Å²) in [6.07, 6.45) is 5.26. The van der Waals surface area contributed by atoms with Crippen LogP contribution in [0.1, 0.15) is 54.1 Å². The molecule has 1 fully saturated rings. The molecular weight excluding hydrogens is 380 g/mol. The molecular formula is C21H24N8O. The number of aromatic amines is 1. The quantitative estimate of drug-likeness (QED) is 0.506. The van der Waals surface area contributed by atoms with Crippen LogP contribution in [0, 0.1) is 6.92 Å². The van der Waals surface area contributed by atoms with Gasteiger partial charge >= 0.3 is 0 Å². The summed E-state index contributed by atoms with van der Waals surface area (Å²) in [5.41, 5.74) is 11.0. The molecule has 0 bridgehead atoms. The maximum absolute atomic E-state index is 5.92. The normalized spacial score (nSPS) is 14.6. The SMILES string of the molecule is Cc1nn(Cc2cccc(C3CCCC3)c2)nc1COc1cc(N)nc2n[nH]nc12. The van der Waals surface area contributed by atoms with Crippen molar-refractivity contribution in [3.05, 3.63) is 52.8 Å². The Kier molecular flexibility index (Phi) is 4.78. The van der Waals surface area contributed by atoms with Gasteiger partial charge in [-0.1, -0.05) is 37.1 Å². The van der Waals surface area contributed by atoms with Gasteiger partial charge in [0, 0.05) is 6.07 Å². The van der Waals surface area contributed by atoms with E-state index in [4.69, 9.17) is 10.5 Å². The van der Waals surface area contributed by atoms with Gasteiger partial charge in [-0.05, 0) is 36.8 Å². The van der Waals surface area contributed by atoms with E-state index in [1.807, 2.05) is 6.92 Å². The van der Waals surface area contributed by atoms with Crippen molar-refractivity contribution >= 4 is 17.0 Å². The number of H-pyrrole nitrogens is 1. The molecule has 3 N–H and O–H groups in total. The smallest absolute Gasteiger partial charge is 0.207 e. The highest BCUT2D eigenvalue weighted by Crippen LogP contribution is 2.34. The Balaban J connectivity index is 1.30. The van der Waals surface area contributed by atoms with Gasteiger partial charge in [0.25, 0.3) is 0 Å². The van der Waals surface area contributed by atoms with E-state index in [2.05, 4.69) is 54.9 Å². The fourth-order valence-electron chi connectivity index (χ4n) is 4.12. The molecule has 154 valence electrons. The predicted octanol–water partition coefficient (Wildman–Crippen LogP) is 3.12. The first kappa shape index (κ1) is 18.5. The van der Waals surface area contributed by atoms with Crippen molar-refractivity contribution in [2.75, 3.05) is 5.73 Å². The van der Waals surface area contributed by atoms with E-state index in [1.165, 1.54) is 36.8 Å². The highest BCUT2D eigenvalue weighted by Gasteiger charge is 2.17. The highest BCUT2D eigenvalue weighted by molar-refractivity contribution is 5.78. The van der Waals surface area contributed by atoms with Crippen molar-refractivity contribution in [1.82, 2.24) is 35.4 Å². The Bertz CT molecular complexity index is 1170. The van der Waals surface area contributed by atoms with Crippen LogP contribution in [-0.2, 0) is 13.2 Å². The van der Waals surface area contributed by atoms with E-state index in [0.29, 0.717) is 35.2 Å². The molecule has 4 aromatic rings.